The molecule has 0 saturated heterocycles. The maximum absolute atomic E-state index is 9.56. The van der Waals surface area contributed by atoms with Gasteiger partial charge in [0.25, 0.3) is 0 Å². The van der Waals surface area contributed by atoms with E-state index < -0.39 is 0 Å². The maximum atomic E-state index is 9.56. The van der Waals surface area contributed by atoms with Crippen molar-refractivity contribution in [2.24, 2.45) is 11.1 Å². The van der Waals surface area contributed by atoms with Gasteiger partial charge < -0.3 is 15.2 Å². The Hall–Kier alpha value is -1.97. The SMILES string of the molecule is O/N=C1/CCCC2=C1C1CCCC[C@@H]1N2c1ccc(O)cc1. The second-order valence-corrected chi connectivity index (χ2v) is 6.61. The summed E-state index contributed by atoms with van der Waals surface area (Å²) >= 11 is 0. The molecule has 3 aliphatic rings. The van der Waals surface area contributed by atoms with Gasteiger partial charge in [0.15, 0.2) is 0 Å². The topological polar surface area (TPSA) is 56.1 Å². The number of nitrogens with zero attached hydrogens (tertiary/aromatic N) is 2. The van der Waals surface area contributed by atoms with E-state index in [9.17, 15) is 10.3 Å². The van der Waals surface area contributed by atoms with Crippen LogP contribution in [0.5, 0.6) is 5.75 Å². The molecule has 0 amide bonds. The lowest BCUT2D eigenvalue weighted by Gasteiger charge is -2.35. The van der Waals surface area contributed by atoms with Crippen LogP contribution in [0.15, 0.2) is 40.7 Å². The normalized spacial score (nSPS) is 29.6. The summed E-state index contributed by atoms with van der Waals surface area (Å²) in [6.07, 6.45) is 7.91. The first kappa shape index (κ1) is 13.7. The van der Waals surface area contributed by atoms with Crippen molar-refractivity contribution < 1.29 is 10.3 Å². The highest BCUT2D eigenvalue weighted by Gasteiger charge is 2.44. The zero-order chi connectivity index (χ0) is 15.1. The first-order valence-corrected chi connectivity index (χ1v) is 8.32. The molecular weight excluding hydrogens is 276 g/mol. The third-order valence-electron chi connectivity index (χ3n) is 5.42. The van der Waals surface area contributed by atoms with Gasteiger partial charge in [0.05, 0.1) is 5.71 Å². The van der Waals surface area contributed by atoms with E-state index in [-0.39, 0.29) is 0 Å². The molecule has 1 aliphatic heterocycles. The molecular formula is C18H22N2O2. The lowest BCUT2D eigenvalue weighted by Crippen LogP contribution is -2.36. The number of allylic oxidation sites excluding steroid dienone is 1. The van der Waals surface area contributed by atoms with Crippen LogP contribution in [-0.2, 0) is 0 Å². The second kappa shape index (κ2) is 5.34. The van der Waals surface area contributed by atoms with Crippen LogP contribution >= 0.6 is 0 Å². The molecule has 0 spiro atoms. The van der Waals surface area contributed by atoms with Crippen molar-refractivity contribution in [2.45, 2.75) is 51.0 Å². The number of hydrogen-bond donors (Lipinski definition) is 2. The van der Waals surface area contributed by atoms with Gasteiger partial charge >= 0.3 is 0 Å². The smallest absolute Gasteiger partial charge is 0.115 e. The Morgan fingerprint density at radius 3 is 2.55 bits per heavy atom. The Balaban J connectivity index is 1.82. The van der Waals surface area contributed by atoms with Crippen molar-refractivity contribution in [3.05, 3.63) is 35.5 Å². The highest BCUT2D eigenvalue weighted by atomic mass is 16.4. The zero-order valence-corrected chi connectivity index (χ0v) is 12.7. The number of anilines is 1. The minimum Gasteiger partial charge on any atom is -0.508 e. The van der Waals surface area contributed by atoms with Crippen molar-refractivity contribution in [3.63, 3.8) is 0 Å². The molecule has 4 nitrogen and oxygen atoms in total. The molecule has 4 rings (SSSR count). The molecule has 0 radical (unpaired) electrons. The molecule has 1 aromatic carbocycles. The molecule has 1 heterocycles. The summed E-state index contributed by atoms with van der Waals surface area (Å²) in [6, 6.07) is 8.01. The highest BCUT2D eigenvalue weighted by Crippen LogP contribution is 2.48. The largest absolute Gasteiger partial charge is 0.508 e. The van der Waals surface area contributed by atoms with Crippen molar-refractivity contribution in [3.8, 4) is 5.75 Å². The quantitative estimate of drug-likeness (QED) is 0.607. The van der Waals surface area contributed by atoms with E-state index in [0.717, 1.165) is 30.7 Å². The van der Waals surface area contributed by atoms with Gasteiger partial charge in [-0.3, -0.25) is 0 Å². The molecule has 1 unspecified atom stereocenters. The maximum Gasteiger partial charge on any atom is 0.115 e. The Morgan fingerprint density at radius 1 is 1.00 bits per heavy atom. The number of oxime groups is 1. The fourth-order valence-electron chi connectivity index (χ4n) is 4.56. The second-order valence-electron chi connectivity index (χ2n) is 6.61. The number of hydrogen-bond acceptors (Lipinski definition) is 4. The van der Waals surface area contributed by atoms with Gasteiger partial charge in [0.2, 0.25) is 0 Å². The standard InChI is InChI=1S/C18H22N2O2/c21-13-10-8-12(9-11-13)20-16-6-2-1-4-14(16)18-15(19-22)5-3-7-17(18)20/h8-11,14,16,21-22H,1-7H2/b19-15-/t14?,16-/m0/s1. The van der Waals surface area contributed by atoms with Crippen LogP contribution in [0, 0.1) is 5.92 Å². The molecule has 2 N–H and O–H groups in total. The van der Waals surface area contributed by atoms with Crippen molar-refractivity contribution >= 4 is 11.4 Å². The highest BCUT2D eigenvalue weighted by molar-refractivity contribution is 6.03. The van der Waals surface area contributed by atoms with Crippen LogP contribution in [-0.4, -0.2) is 22.1 Å². The Kier molecular flexibility index (Phi) is 3.32. The molecule has 0 bridgehead atoms. The van der Waals surface area contributed by atoms with Crippen molar-refractivity contribution in [1.29, 1.82) is 0 Å². The van der Waals surface area contributed by atoms with Crippen molar-refractivity contribution in [1.82, 2.24) is 0 Å². The van der Waals surface area contributed by atoms with Crippen LogP contribution in [0.2, 0.25) is 0 Å². The Morgan fingerprint density at radius 2 is 1.77 bits per heavy atom. The molecule has 4 heteroatoms. The van der Waals surface area contributed by atoms with Crippen LogP contribution in [0.1, 0.15) is 44.9 Å². The lowest BCUT2D eigenvalue weighted by molar-refractivity contribution is 0.315. The van der Waals surface area contributed by atoms with Gasteiger partial charge in [-0.25, -0.2) is 0 Å². The third-order valence-corrected chi connectivity index (χ3v) is 5.42. The monoisotopic (exact) mass is 298 g/mol. The zero-order valence-electron chi connectivity index (χ0n) is 12.7. The summed E-state index contributed by atoms with van der Waals surface area (Å²) in [6.45, 7) is 0. The number of aromatic hydroxyl groups is 1. The van der Waals surface area contributed by atoms with E-state index in [1.54, 1.807) is 12.1 Å². The van der Waals surface area contributed by atoms with Gasteiger partial charge in [-0.15, -0.1) is 0 Å². The summed E-state index contributed by atoms with van der Waals surface area (Å²) in [4.78, 5) is 2.46. The molecule has 116 valence electrons. The van der Waals surface area contributed by atoms with Gasteiger partial charge in [-0.2, -0.15) is 0 Å². The minimum atomic E-state index is 0.304. The average molecular weight is 298 g/mol. The first-order valence-electron chi connectivity index (χ1n) is 8.32. The van der Waals surface area contributed by atoms with E-state index in [1.165, 1.54) is 37.0 Å². The number of phenolic OH excluding ortho intramolecular Hbond substituents is 1. The molecule has 1 fully saturated rings. The fourth-order valence-corrected chi connectivity index (χ4v) is 4.56. The van der Waals surface area contributed by atoms with Crippen LogP contribution < -0.4 is 4.90 Å². The fraction of sp³-hybridized carbons (Fsp3) is 0.500. The van der Waals surface area contributed by atoms with Gasteiger partial charge in [0.1, 0.15) is 5.75 Å². The molecule has 0 aromatic heterocycles. The number of phenols is 1. The number of fused-ring (bicyclic) bond motifs is 2. The van der Waals surface area contributed by atoms with E-state index in [1.807, 2.05) is 12.1 Å². The van der Waals surface area contributed by atoms with E-state index >= 15 is 0 Å². The van der Waals surface area contributed by atoms with E-state index in [2.05, 4.69) is 10.1 Å². The van der Waals surface area contributed by atoms with Crippen LogP contribution in [0.25, 0.3) is 0 Å². The summed E-state index contributed by atoms with van der Waals surface area (Å²) in [5.74, 6) is 0.808. The molecule has 1 saturated carbocycles. The summed E-state index contributed by atoms with van der Waals surface area (Å²) in [5, 5.41) is 22.6. The minimum absolute atomic E-state index is 0.304. The number of benzene rings is 1. The molecule has 2 atom stereocenters. The molecule has 22 heavy (non-hydrogen) atoms. The number of rotatable bonds is 1. The predicted molar refractivity (Wildman–Crippen MR) is 86.4 cm³/mol. The third kappa shape index (κ3) is 2.01. The van der Waals surface area contributed by atoms with E-state index in [0.29, 0.717) is 17.7 Å². The average Bonchev–Trinajstić information content (AvgIpc) is 2.90. The van der Waals surface area contributed by atoms with Gasteiger partial charge in [-0.1, -0.05) is 18.0 Å². The van der Waals surface area contributed by atoms with Crippen LogP contribution in [0.4, 0.5) is 5.69 Å². The first-order chi connectivity index (χ1) is 10.8. The van der Waals surface area contributed by atoms with E-state index in [4.69, 9.17) is 0 Å². The molecule has 2 aliphatic carbocycles. The van der Waals surface area contributed by atoms with Crippen molar-refractivity contribution in [2.75, 3.05) is 4.90 Å². The molecule has 1 aromatic rings. The van der Waals surface area contributed by atoms with Gasteiger partial charge in [0, 0.05) is 28.9 Å². The van der Waals surface area contributed by atoms with Gasteiger partial charge in [-0.05, 0) is 56.4 Å². The summed E-state index contributed by atoms with van der Waals surface area (Å²) in [5.41, 5.74) is 4.71. The summed E-state index contributed by atoms with van der Waals surface area (Å²) in [7, 11) is 0. The van der Waals surface area contributed by atoms with Crippen LogP contribution in [0.3, 0.4) is 0 Å². The Bertz CT molecular complexity index is 633. The Labute approximate surface area is 130 Å². The lowest BCUT2D eigenvalue weighted by atomic mass is 9.78. The predicted octanol–water partition coefficient (Wildman–Crippen LogP) is 4.04. The summed E-state index contributed by atoms with van der Waals surface area (Å²) < 4.78 is 0.